The first-order valence-corrected chi connectivity index (χ1v) is 6.79. The Morgan fingerprint density at radius 3 is 2.05 bits per heavy atom. The van der Waals surface area contributed by atoms with Crippen LogP contribution in [0.15, 0.2) is 24.3 Å². The number of Topliss-reactive ketones (excluding diaryl/α,β-unsaturated/α-hetero) is 1. The molecule has 0 aliphatic carbocycles. The number of ether oxygens (including phenoxy) is 1. The maximum Gasteiger partial charge on any atom is 0.494 e. The minimum absolute atomic E-state index is 0.0000327. The molecule has 0 amide bonds. The zero-order valence-electron chi connectivity index (χ0n) is 12.7. The predicted octanol–water partition coefficient (Wildman–Crippen LogP) is 1.95. The fourth-order valence-corrected chi connectivity index (χ4v) is 1.89. The number of carbonyl (C=O) groups is 1. The van der Waals surface area contributed by atoms with Crippen molar-refractivity contribution in [3.8, 4) is 5.75 Å². The lowest BCUT2D eigenvalue weighted by Crippen LogP contribution is -2.41. The minimum Gasteiger partial charge on any atom is -0.486 e. The molecule has 0 N–H and O–H groups in total. The highest BCUT2D eigenvalue weighted by molar-refractivity contribution is 6.62. The molecular weight excluding hydrogens is 255 g/mol. The Kier molecular flexibility index (Phi) is 3.94. The molecule has 0 unspecified atom stereocenters. The summed E-state index contributed by atoms with van der Waals surface area (Å²) in [6.07, 6.45) is 0. The Labute approximate surface area is 120 Å². The summed E-state index contributed by atoms with van der Waals surface area (Å²) in [7, 11) is -0.373. The van der Waals surface area contributed by atoms with Crippen molar-refractivity contribution < 1.29 is 18.8 Å². The van der Waals surface area contributed by atoms with Crippen LogP contribution in [0, 0.1) is 0 Å². The van der Waals surface area contributed by atoms with Gasteiger partial charge in [0, 0.05) is 0 Å². The van der Waals surface area contributed by atoms with Gasteiger partial charge >= 0.3 is 7.12 Å². The Morgan fingerprint density at radius 2 is 1.60 bits per heavy atom. The topological polar surface area (TPSA) is 44.8 Å². The Balaban J connectivity index is 2.06. The van der Waals surface area contributed by atoms with E-state index in [2.05, 4.69) is 0 Å². The summed E-state index contributed by atoms with van der Waals surface area (Å²) in [5, 5.41) is 0. The number of carbonyl (C=O) groups excluding carboxylic acids is 1. The number of benzene rings is 1. The average molecular weight is 276 g/mol. The maximum atomic E-state index is 10.9. The molecule has 0 atom stereocenters. The van der Waals surface area contributed by atoms with Crippen molar-refractivity contribution in [2.75, 3.05) is 6.61 Å². The second-order valence-electron chi connectivity index (χ2n) is 6.15. The predicted molar refractivity (Wildman–Crippen MR) is 78.3 cm³/mol. The van der Waals surface area contributed by atoms with E-state index in [-0.39, 0.29) is 30.7 Å². The van der Waals surface area contributed by atoms with Crippen molar-refractivity contribution in [1.29, 1.82) is 0 Å². The van der Waals surface area contributed by atoms with Gasteiger partial charge in [0.25, 0.3) is 0 Å². The van der Waals surface area contributed by atoms with E-state index >= 15 is 0 Å². The van der Waals surface area contributed by atoms with Crippen LogP contribution < -0.4 is 10.2 Å². The quantitative estimate of drug-likeness (QED) is 0.788. The van der Waals surface area contributed by atoms with Crippen LogP contribution in [0.1, 0.15) is 34.6 Å². The third-order valence-corrected chi connectivity index (χ3v) is 3.85. The van der Waals surface area contributed by atoms with Crippen molar-refractivity contribution in [1.82, 2.24) is 0 Å². The molecule has 1 aromatic carbocycles. The molecule has 5 heteroatoms. The van der Waals surface area contributed by atoms with Crippen LogP contribution in [0.2, 0.25) is 0 Å². The second kappa shape index (κ2) is 5.22. The van der Waals surface area contributed by atoms with Crippen LogP contribution in [-0.2, 0) is 14.1 Å². The van der Waals surface area contributed by atoms with Gasteiger partial charge in [-0.1, -0.05) is 12.1 Å². The molecule has 4 nitrogen and oxygen atoms in total. The Bertz CT molecular complexity index is 477. The summed E-state index contributed by atoms with van der Waals surface area (Å²) >= 11 is 0. The molecule has 1 aromatic rings. The summed E-state index contributed by atoms with van der Waals surface area (Å²) in [5.74, 6) is 0.667. The fourth-order valence-electron chi connectivity index (χ4n) is 1.89. The van der Waals surface area contributed by atoms with E-state index in [9.17, 15) is 4.79 Å². The smallest absolute Gasteiger partial charge is 0.486 e. The largest absolute Gasteiger partial charge is 0.494 e. The molecule has 1 saturated heterocycles. The van der Waals surface area contributed by atoms with Gasteiger partial charge < -0.3 is 14.0 Å². The van der Waals surface area contributed by atoms with Crippen LogP contribution in [0.5, 0.6) is 5.75 Å². The van der Waals surface area contributed by atoms with Gasteiger partial charge in [-0.15, -0.1) is 0 Å². The first-order valence-electron chi connectivity index (χ1n) is 6.79. The zero-order chi connectivity index (χ0) is 15.0. The normalized spacial score (nSPS) is 19.9. The maximum absolute atomic E-state index is 10.9. The molecule has 1 aliphatic heterocycles. The molecule has 0 saturated carbocycles. The number of rotatable bonds is 4. The zero-order valence-corrected chi connectivity index (χ0v) is 12.7. The van der Waals surface area contributed by atoms with Crippen molar-refractivity contribution in [3.05, 3.63) is 24.3 Å². The minimum atomic E-state index is -0.373. The third-order valence-electron chi connectivity index (χ3n) is 3.85. The SMILES string of the molecule is CC(=O)COc1ccc(B2OC(C)(C)C(C)(C)O2)cc1. The summed E-state index contributed by atoms with van der Waals surface area (Å²) < 4.78 is 17.3. The van der Waals surface area contributed by atoms with Gasteiger partial charge in [-0.2, -0.15) is 0 Å². The lowest BCUT2D eigenvalue weighted by Gasteiger charge is -2.32. The standard InChI is InChI=1S/C15H21BO4/c1-11(17)10-18-13-8-6-12(7-9-13)16-19-14(2,3)15(4,5)20-16/h6-9H,10H2,1-5H3. The lowest BCUT2D eigenvalue weighted by atomic mass is 9.79. The second-order valence-corrected chi connectivity index (χ2v) is 6.15. The van der Waals surface area contributed by atoms with Gasteiger partial charge in [0.1, 0.15) is 12.4 Å². The van der Waals surface area contributed by atoms with Crippen LogP contribution in [0.25, 0.3) is 0 Å². The van der Waals surface area contributed by atoms with Gasteiger partial charge in [0.05, 0.1) is 11.2 Å². The van der Waals surface area contributed by atoms with E-state index in [0.29, 0.717) is 5.75 Å². The summed E-state index contributed by atoms with van der Waals surface area (Å²) in [4.78, 5) is 10.9. The first kappa shape index (κ1) is 15.1. The molecule has 108 valence electrons. The molecule has 0 bridgehead atoms. The Hall–Kier alpha value is -1.33. The van der Waals surface area contributed by atoms with E-state index in [4.69, 9.17) is 14.0 Å². The van der Waals surface area contributed by atoms with Gasteiger partial charge in [-0.25, -0.2) is 0 Å². The van der Waals surface area contributed by atoms with Crippen LogP contribution in [0.4, 0.5) is 0 Å². The van der Waals surface area contributed by atoms with Gasteiger partial charge in [0.15, 0.2) is 5.78 Å². The van der Waals surface area contributed by atoms with Crippen LogP contribution >= 0.6 is 0 Å². The monoisotopic (exact) mass is 276 g/mol. The van der Waals surface area contributed by atoms with E-state index < -0.39 is 0 Å². The first-order chi connectivity index (χ1) is 9.21. The van der Waals surface area contributed by atoms with Crippen LogP contribution in [-0.4, -0.2) is 30.7 Å². The fraction of sp³-hybridized carbons (Fsp3) is 0.533. The van der Waals surface area contributed by atoms with Gasteiger partial charge in [-0.05, 0) is 52.2 Å². The van der Waals surface area contributed by atoms with E-state index in [1.54, 1.807) is 0 Å². The van der Waals surface area contributed by atoms with Gasteiger partial charge in [0.2, 0.25) is 0 Å². The number of ketones is 1. The van der Waals surface area contributed by atoms with Crippen molar-refractivity contribution >= 4 is 18.4 Å². The third kappa shape index (κ3) is 3.05. The Morgan fingerprint density at radius 1 is 1.10 bits per heavy atom. The average Bonchev–Trinajstić information content (AvgIpc) is 2.56. The number of hydrogen-bond donors (Lipinski definition) is 0. The van der Waals surface area contributed by atoms with Crippen LogP contribution in [0.3, 0.4) is 0 Å². The summed E-state index contributed by atoms with van der Waals surface area (Å²) in [5.41, 5.74) is 0.252. The molecule has 1 heterocycles. The molecule has 20 heavy (non-hydrogen) atoms. The highest BCUT2D eigenvalue weighted by atomic mass is 16.7. The van der Waals surface area contributed by atoms with Crippen molar-refractivity contribution in [2.45, 2.75) is 45.8 Å². The molecule has 1 aliphatic rings. The number of hydrogen-bond acceptors (Lipinski definition) is 4. The molecule has 2 rings (SSSR count). The summed E-state index contributed by atoms with van der Waals surface area (Å²) in [6, 6.07) is 7.45. The molecule has 0 radical (unpaired) electrons. The van der Waals surface area contributed by atoms with Gasteiger partial charge in [-0.3, -0.25) is 4.79 Å². The van der Waals surface area contributed by atoms with E-state index in [1.807, 2.05) is 52.0 Å². The highest BCUT2D eigenvalue weighted by Crippen LogP contribution is 2.36. The van der Waals surface area contributed by atoms with Crippen molar-refractivity contribution in [2.24, 2.45) is 0 Å². The molecule has 1 fully saturated rings. The summed E-state index contributed by atoms with van der Waals surface area (Å²) in [6.45, 7) is 9.69. The highest BCUT2D eigenvalue weighted by Gasteiger charge is 2.51. The van der Waals surface area contributed by atoms with E-state index in [0.717, 1.165) is 5.46 Å². The lowest BCUT2D eigenvalue weighted by molar-refractivity contribution is -0.118. The molecule has 0 spiro atoms. The molecular formula is C15H21BO4. The van der Waals surface area contributed by atoms with Crippen molar-refractivity contribution in [3.63, 3.8) is 0 Å². The van der Waals surface area contributed by atoms with E-state index in [1.165, 1.54) is 6.92 Å². The molecule has 0 aromatic heterocycles.